The van der Waals surface area contributed by atoms with Gasteiger partial charge in [-0.2, -0.15) is 0 Å². The minimum atomic E-state index is -0.925. The molecular weight excluding hydrogens is 242 g/mol. The van der Waals surface area contributed by atoms with Gasteiger partial charge in [-0.25, -0.2) is 4.79 Å². The molecule has 1 heterocycles. The van der Waals surface area contributed by atoms with E-state index in [0.29, 0.717) is 31.7 Å². The minimum absolute atomic E-state index is 0.0636. The van der Waals surface area contributed by atoms with Gasteiger partial charge in [-0.3, -0.25) is 4.79 Å². The van der Waals surface area contributed by atoms with Gasteiger partial charge in [0.25, 0.3) is 0 Å². The number of carboxylic acids is 1. The zero-order valence-corrected chi connectivity index (χ0v) is 11.9. The molecule has 2 fully saturated rings. The highest BCUT2D eigenvalue weighted by Crippen LogP contribution is 2.35. The molecule has 1 saturated heterocycles. The number of carboxylic acid groups (broad SMARTS) is 1. The first-order valence-corrected chi connectivity index (χ1v) is 7.64. The summed E-state index contributed by atoms with van der Waals surface area (Å²) in [5.41, 5.74) is -0.925. The highest BCUT2D eigenvalue weighted by Gasteiger charge is 2.48. The van der Waals surface area contributed by atoms with Crippen LogP contribution in [0.15, 0.2) is 0 Å². The number of carbonyl (C=O) groups excluding carboxylic acids is 1. The molecule has 1 N–H and O–H groups in total. The Hall–Kier alpha value is -1.06. The highest BCUT2D eigenvalue weighted by atomic mass is 16.4. The Morgan fingerprint density at radius 1 is 1.21 bits per heavy atom. The maximum Gasteiger partial charge on any atom is 0.329 e. The van der Waals surface area contributed by atoms with Crippen molar-refractivity contribution in [2.75, 3.05) is 6.54 Å². The van der Waals surface area contributed by atoms with Crippen molar-refractivity contribution in [1.29, 1.82) is 0 Å². The SMILES string of the molecule is CCC1(C(=O)O)CCCN1C(=O)CC1CCCCC1. The van der Waals surface area contributed by atoms with Crippen LogP contribution in [0.4, 0.5) is 0 Å². The lowest BCUT2D eigenvalue weighted by atomic mass is 9.86. The molecule has 1 aliphatic heterocycles. The van der Waals surface area contributed by atoms with Crippen molar-refractivity contribution < 1.29 is 14.7 Å². The highest BCUT2D eigenvalue weighted by molar-refractivity contribution is 5.87. The number of carbonyl (C=O) groups is 2. The first-order valence-electron chi connectivity index (χ1n) is 7.64. The van der Waals surface area contributed by atoms with Crippen LogP contribution in [0.25, 0.3) is 0 Å². The number of rotatable bonds is 4. The Bertz CT molecular complexity index is 349. The molecule has 19 heavy (non-hydrogen) atoms. The normalized spacial score (nSPS) is 28.6. The van der Waals surface area contributed by atoms with Crippen molar-refractivity contribution in [2.24, 2.45) is 5.92 Å². The molecule has 0 aromatic carbocycles. The average Bonchev–Trinajstić information content (AvgIpc) is 2.85. The van der Waals surface area contributed by atoms with E-state index in [1.807, 2.05) is 6.92 Å². The molecule has 1 amide bonds. The van der Waals surface area contributed by atoms with E-state index in [2.05, 4.69) is 0 Å². The predicted octanol–water partition coefficient (Wildman–Crippen LogP) is 2.81. The molecule has 4 nitrogen and oxygen atoms in total. The number of likely N-dealkylation sites (tertiary alicyclic amines) is 1. The van der Waals surface area contributed by atoms with Gasteiger partial charge in [-0.05, 0) is 38.0 Å². The Labute approximate surface area is 115 Å². The molecule has 0 aromatic heterocycles. The maximum absolute atomic E-state index is 12.5. The average molecular weight is 267 g/mol. The molecule has 1 atom stereocenters. The fourth-order valence-corrected chi connectivity index (χ4v) is 3.73. The first-order chi connectivity index (χ1) is 9.10. The van der Waals surface area contributed by atoms with Crippen LogP contribution in [0.1, 0.15) is 64.7 Å². The molecule has 4 heteroatoms. The van der Waals surface area contributed by atoms with Crippen molar-refractivity contribution in [1.82, 2.24) is 4.90 Å². The van der Waals surface area contributed by atoms with E-state index < -0.39 is 11.5 Å². The Kier molecular flexibility index (Phi) is 4.48. The number of aliphatic carboxylic acids is 1. The summed E-state index contributed by atoms with van der Waals surface area (Å²) in [4.78, 5) is 25.7. The second-order valence-corrected chi connectivity index (χ2v) is 6.05. The van der Waals surface area contributed by atoms with Crippen molar-refractivity contribution in [2.45, 2.75) is 70.3 Å². The summed E-state index contributed by atoms with van der Waals surface area (Å²) in [7, 11) is 0. The summed E-state index contributed by atoms with van der Waals surface area (Å²) >= 11 is 0. The summed E-state index contributed by atoms with van der Waals surface area (Å²) in [6, 6.07) is 0. The van der Waals surface area contributed by atoms with Crippen LogP contribution in [-0.4, -0.2) is 34.0 Å². The van der Waals surface area contributed by atoms with Gasteiger partial charge in [-0.1, -0.05) is 26.2 Å². The molecule has 0 aromatic rings. The van der Waals surface area contributed by atoms with E-state index in [-0.39, 0.29) is 5.91 Å². The van der Waals surface area contributed by atoms with Crippen molar-refractivity contribution >= 4 is 11.9 Å². The maximum atomic E-state index is 12.5. The second-order valence-electron chi connectivity index (χ2n) is 6.05. The molecule has 1 unspecified atom stereocenters. The van der Waals surface area contributed by atoms with E-state index in [0.717, 1.165) is 19.3 Å². The van der Waals surface area contributed by atoms with Crippen LogP contribution >= 0.6 is 0 Å². The van der Waals surface area contributed by atoms with Crippen LogP contribution in [0, 0.1) is 5.92 Å². The van der Waals surface area contributed by atoms with Gasteiger partial charge in [0.15, 0.2) is 0 Å². The van der Waals surface area contributed by atoms with E-state index in [4.69, 9.17) is 0 Å². The van der Waals surface area contributed by atoms with Crippen molar-refractivity contribution in [3.05, 3.63) is 0 Å². The van der Waals surface area contributed by atoms with Crippen LogP contribution in [-0.2, 0) is 9.59 Å². The summed E-state index contributed by atoms with van der Waals surface area (Å²) in [5, 5.41) is 9.50. The van der Waals surface area contributed by atoms with Gasteiger partial charge >= 0.3 is 5.97 Å². The van der Waals surface area contributed by atoms with Crippen molar-refractivity contribution in [3.63, 3.8) is 0 Å². The Balaban J connectivity index is 2.02. The fourth-order valence-electron chi connectivity index (χ4n) is 3.73. The van der Waals surface area contributed by atoms with Gasteiger partial charge < -0.3 is 10.0 Å². The Morgan fingerprint density at radius 3 is 2.47 bits per heavy atom. The van der Waals surface area contributed by atoms with Crippen molar-refractivity contribution in [3.8, 4) is 0 Å². The number of hydrogen-bond donors (Lipinski definition) is 1. The van der Waals surface area contributed by atoms with Crippen LogP contribution in [0.2, 0.25) is 0 Å². The number of nitrogens with zero attached hydrogens (tertiary/aromatic N) is 1. The molecule has 0 spiro atoms. The van der Waals surface area contributed by atoms with Crippen LogP contribution in [0.5, 0.6) is 0 Å². The lowest BCUT2D eigenvalue weighted by Crippen LogP contribution is -2.53. The number of hydrogen-bond acceptors (Lipinski definition) is 2. The van der Waals surface area contributed by atoms with Gasteiger partial charge in [0.2, 0.25) is 5.91 Å². The van der Waals surface area contributed by atoms with Crippen LogP contribution in [0.3, 0.4) is 0 Å². The lowest BCUT2D eigenvalue weighted by Gasteiger charge is -2.35. The third-order valence-corrected chi connectivity index (χ3v) is 4.96. The fraction of sp³-hybridized carbons (Fsp3) is 0.867. The molecule has 2 aliphatic rings. The van der Waals surface area contributed by atoms with E-state index in [1.54, 1.807) is 4.90 Å². The zero-order chi connectivity index (χ0) is 13.9. The van der Waals surface area contributed by atoms with Gasteiger partial charge in [-0.15, -0.1) is 0 Å². The quantitative estimate of drug-likeness (QED) is 0.852. The third-order valence-electron chi connectivity index (χ3n) is 4.96. The zero-order valence-electron chi connectivity index (χ0n) is 11.9. The lowest BCUT2D eigenvalue weighted by molar-refractivity contribution is -0.157. The minimum Gasteiger partial charge on any atom is -0.479 e. The van der Waals surface area contributed by atoms with E-state index in [1.165, 1.54) is 19.3 Å². The predicted molar refractivity (Wildman–Crippen MR) is 72.8 cm³/mol. The summed E-state index contributed by atoms with van der Waals surface area (Å²) in [6.07, 6.45) is 8.46. The van der Waals surface area contributed by atoms with Gasteiger partial charge in [0.1, 0.15) is 5.54 Å². The topological polar surface area (TPSA) is 57.6 Å². The number of amides is 1. The molecular formula is C15H25NO3. The Morgan fingerprint density at radius 2 is 1.89 bits per heavy atom. The largest absolute Gasteiger partial charge is 0.479 e. The van der Waals surface area contributed by atoms with E-state index in [9.17, 15) is 14.7 Å². The molecule has 1 saturated carbocycles. The summed E-state index contributed by atoms with van der Waals surface area (Å²) < 4.78 is 0. The third kappa shape index (κ3) is 2.77. The second kappa shape index (κ2) is 5.93. The first kappa shape index (κ1) is 14.4. The van der Waals surface area contributed by atoms with Gasteiger partial charge in [0, 0.05) is 13.0 Å². The van der Waals surface area contributed by atoms with E-state index >= 15 is 0 Å². The van der Waals surface area contributed by atoms with Crippen LogP contribution < -0.4 is 0 Å². The monoisotopic (exact) mass is 267 g/mol. The molecule has 108 valence electrons. The molecule has 0 bridgehead atoms. The molecule has 1 aliphatic carbocycles. The smallest absolute Gasteiger partial charge is 0.329 e. The standard InChI is InChI=1S/C15H25NO3/c1-2-15(14(18)19)9-6-10-16(15)13(17)11-12-7-4-3-5-8-12/h12H,2-11H2,1H3,(H,18,19). The summed E-state index contributed by atoms with van der Waals surface area (Å²) in [5.74, 6) is -0.289. The summed E-state index contributed by atoms with van der Waals surface area (Å²) in [6.45, 7) is 2.49. The molecule has 2 rings (SSSR count). The molecule has 0 radical (unpaired) electrons. The van der Waals surface area contributed by atoms with Gasteiger partial charge in [0.05, 0.1) is 0 Å².